The summed E-state index contributed by atoms with van der Waals surface area (Å²) in [5, 5.41) is 13.9. The van der Waals surface area contributed by atoms with Gasteiger partial charge in [-0.3, -0.25) is 19.1 Å². The zero-order valence-electron chi connectivity index (χ0n) is 28.2. The van der Waals surface area contributed by atoms with E-state index in [-0.39, 0.29) is 17.7 Å². The van der Waals surface area contributed by atoms with E-state index in [1.807, 2.05) is 37.5 Å². The number of fused-ring (bicyclic) bond motifs is 3. The number of hydrogen-bond donors (Lipinski definition) is 2. The van der Waals surface area contributed by atoms with E-state index in [9.17, 15) is 14.7 Å². The first kappa shape index (κ1) is 31.5. The zero-order valence-corrected chi connectivity index (χ0v) is 28.2. The minimum absolute atomic E-state index is 0.180. The third kappa shape index (κ3) is 5.53. The van der Waals surface area contributed by atoms with Crippen molar-refractivity contribution in [1.82, 2.24) is 28.4 Å². The number of nitrogens with one attached hydrogen (secondary N) is 1. The van der Waals surface area contributed by atoms with E-state index in [2.05, 4.69) is 36.4 Å². The van der Waals surface area contributed by atoms with Crippen LogP contribution in [0.15, 0.2) is 64.7 Å². The lowest BCUT2D eigenvalue weighted by molar-refractivity contribution is -0.0691. The van der Waals surface area contributed by atoms with Crippen molar-refractivity contribution in [2.75, 3.05) is 43.1 Å². The quantitative estimate of drug-likeness (QED) is 0.269. The average molecular weight is 663 g/mol. The number of aliphatic hydroxyl groups excluding tert-OH is 1. The molecule has 8 rings (SSSR count). The van der Waals surface area contributed by atoms with E-state index in [1.165, 1.54) is 15.8 Å². The highest BCUT2D eigenvalue weighted by Crippen LogP contribution is 2.30. The molecule has 254 valence electrons. The summed E-state index contributed by atoms with van der Waals surface area (Å²) in [6.45, 7) is 8.44. The first-order valence-electron chi connectivity index (χ1n) is 17.2. The van der Waals surface area contributed by atoms with Crippen LogP contribution in [0.1, 0.15) is 42.3 Å². The van der Waals surface area contributed by atoms with Gasteiger partial charge in [0.25, 0.3) is 11.1 Å². The molecule has 0 unspecified atom stereocenters. The summed E-state index contributed by atoms with van der Waals surface area (Å²) in [6, 6.07) is 10.4. The molecular weight excluding hydrogens is 620 g/mol. The summed E-state index contributed by atoms with van der Waals surface area (Å²) in [7, 11) is 1.70. The lowest BCUT2D eigenvalue weighted by Crippen LogP contribution is -2.59. The second-order valence-electron chi connectivity index (χ2n) is 13.6. The van der Waals surface area contributed by atoms with Crippen LogP contribution >= 0.6 is 0 Å². The molecule has 0 amide bonds. The summed E-state index contributed by atoms with van der Waals surface area (Å²) in [5.74, 6) is 0.922. The van der Waals surface area contributed by atoms with E-state index < -0.39 is 0 Å². The third-order valence-corrected chi connectivity index (χ3v) is 10.5. The van der Waals surface area contributed by atoms with E-state index in [4.69, 9.17) is 4.74 Å². The molecule has 2 N–H and O–H groups in total. The third-order valence-electron chi connectivity index (χ3n) is 10.5. The Bertz CT molecular complexity index is 2160. The second kappa shape index (κ2) is 12.6. The smallest absolute Gasteiger partial charge is 0.280 e. The topological polar surface area (TPSA) is 122 Å². The van der Waals surface area contributed by atoms with Crippen LogP contribution in [0.3, 0.4) is 0 Å². The number of anilines is 3. The molecule has 12 heteroatoms. The fourth-order valence-electron chi connectivity index (χ4n) is 7.81. The Morgan fingerprint density at radius 1 is 1.02 bits per heavy atom. The van der Waals surface area contributed by atoms with Crippen LogP contribution in [-0.2, 0) is 31.2 Å². The van der Waals surface area contributed by atoms with Crippen molar-refractivity contribution in [1.29, 1.82) is 0 Å². The zero-order chi connectivity index (χ0) is 33.8. The summed E-state index contributed by atoms with van der Waals surface area (Å²) in [5.41, 5.74) is 6.87. The van der Waals surface area contributed by atoms with Gasteiger partial charge >= 0.3 is 0 Å². The van der Waals surface area contributed by atoms with Gasteiger partial charge in [0.15, 0.2) is 0 Å². The number of aryl methyl sites for hydroxylation is 4. The Hall–Kier alpha value is -4.78. The van der Waals surface area contributed by atoms with Gasteiger partial charge in [0.2, 0.25) is 0 Å². The Balaban J connectivity index is 1.09. The molecule has 12 nitrogen and oxygen atoms in total. The summed E-state index contributed by atoms with van der Waals surface area (Å²) >= 11 is 0. The highest BCUT2D eigenvalue weighted by Gasteiger charge is 2.32. The Morgan fingerprint density at radius 3 is 2.59 bits per heavy atom. The van der Waals surface area contributed by atoms with Crippen molar-refractivity contribution >= 4 is 22.7 Å². The Morgan fingerprint density at radius 2 is 1.86 bits per heavy atom. The van der Waals surface area contributed by atoms with E-state index in [0.717, 1.165) is 69.9 Å². The van der Waals surface area contributed by atoms with Crippen molar-refractivity contribution in [2.45, 2.75) is 58.2 Å². The predicted octanol–water partition coefficient (Wildman–Crippen LogP) is 3.58. The number of hydrogen-bond acceptors (Lipinski definition) is 9. The predicted molar refractivity (Wildman–Crippen MR) is 189 cm³/mol. The van der Waals surface area contributed by atoms with Crippen molar-refractivity contribution in [3.63, 3.8) is 0 Å². The molecule has 0 radical (unpaired) electrons. The maximum atomic E-state index is 13.9. The largest absolute Gasteiger partial charge is 0.392 e. The fraction of sp³-hybridized carbons (Fsp3) is 0.405. The molecule has 0 aromatic carbocycles. The van der Waals surface area contributed by atoms with Crippen molar-refractivity contribution < 1.29 is 9.84 Å². The van der Waals surface area contributed by atoms with Gasteiger partial charge in [0.1, 0.15) is 22.8 Å². The molecule has 2 aliphatic heterocycles. The van der Waals surface area contributed by atoms with Gasteiger partial charge in [-0.05, 0) is 81.0 Å². The molecule has 2 saturated heterocycles. The van der Waals surface area contributed by atoms with Crippen molar-refractivity contribution in [3.05, 3.63) is 98.3 Å². The Kier molecular flexibility index (Phi) is 8.09. The van der Waals surface area contributed by atoms with Crippen molar-refractivity contribution in [3.8, 4) is 16.9 Å². The Labute approximate surface area is 284 Å². The first-order chi connectivity index (χ1) is 23.8. The average Bonchev–Trinajstić information content (AvgIpc) is 3.49. The minimum Gasteiger partial charge on any atom is -0.392 e. The SMILES string of the molecule is Cc1cn(-c2nccc(-c3cc(Nc4ccc(N5CCN(C6COC6)C[C@@H]5C)cn4)c(=O)n(C)c3)c2CO)c(=O)c2cc3c(n12)CCCC3. The number of aromatic nitrogens is 5. The molecular formula is C37H42N8O4. The minimum atomic E-state index is -0.345. The van der Waals surface area contributed by atoms with Crippen LogP contribution in [0.2, 0.25) is 0 Å². The van der Waals surface area contributed by atoms with Crippen LogP contribution in [0.4, 0.5) is 17.2 Å². The molecule has 0 spiro atoms. The molecule has 1 atom stereocenters. The van der Waals surface area contributed by atoms with Gasteiger partial charge < -0.3 is 29.0 Å². The van der Waals surface area contributed by atoms with Gasteiger partial charge in [0.05, 0.1) is 37.7 Å². The molecule has 49 heavy (non-hydrogen) atoms. The maximum absolute atomic E-state index is 13.9. The lowest BCUT2D eigenvalue weighted by atomic mass is 9.98. The number of ether oxygens (including phenoxy) is 1. The second-order valence-corrected chi connectivity index (χ2v) is 13.6. The van der Waals surface area contributed by atoms with Gasteiger partial charge in [-0.15, -0.1) is 0 Å². The van der Waals surface area contributed by atoms with Crippen LogP contribution in [0.25, 0.3) is 22.5 Å². The normalized spacial score (nSPS) is 18.4. The van der Waals surface area contributed by atoms with E-state index in [1.54, 1.807) is 36.1 Å². The number of rotatable bonds is 7. The molecule has 0 bridgehead atoms. The van der Waals surface area contributed by atoms with Crippen LogP contribution in [-0.4, -0.2) is 78.4 Å². The molecule has 1 aliphatic carbocycles. The summed E-state index contributed by atoms with van der Waals surface area (Å²) < 4.78 is 10.5. The fourth-order valence-corrected chi connectivity index (χ4v) is 7.81. The monoisotopic (exact) mass is 662 g/mol. The molecule has 5 aromatic heterocycles. The van der Waals surface area contributed by atoms with Gasteiger partial charge in [0, 0.05) is 73.8 Å². The lowest BCUT2D eigenvalue weighted by Gasteiger charge is -2.46. The molecule has 0 saturated carbocycles. The van der Waals surface area contributed by atoms with Crippen LogP contribution in [0.5, 0.6) is 0 Å². The van der Waals surface area contributed by atoms with Crippen molar-refractivity contribution in [2.24, 2.45) is 7.05 Å². The highest BCUT2D eigenvalue weighted by atomic mass is 16.5. The molecule has 5 aromatic rings. The highest BCUT2D eigenvalue weighted by molar-refractivity contribution is 5.73. The van der Waals surface area contributed by atoms with Gasteiger partial charge in [-0.25, -0.2) is 9.97 Å². The van der Waals surface area contributed by atoms with E-state index >= 15 is 0 Å². The van der Waals surface area contributed by atoms with Gasteiger partial charge in [-0.2, -0.15) is 0 Å². The maximum Gasteiger partial charge on any atom is 0.280 e. The first-order valence-corrected chi connectivity index (χ1v) is 17.2. The van der Waals surface area contributed by atoms with Gasteiger partial charge in [-0.1, -0.05) is 0 Å². The van der Waals surface area contributed by atoms with Crippen LogP contribution < -0.4 is 21.3 Å². The molecule has 2 fully saturated rings. The summed E-state index contributed by atoms with van der Waals surface area (Å²) in [4.78, 5) is 41.4. The van der Waals surface area contributed by atoms with E-state index in [0.29, 0.717) is 51.6 Å². The number of piperazine rings is 1. The number of pyridine rings is 3. The van der Waals surface area contributed by atoms with Crippen LogP contribution in [0, 0.1) is 6.92 Å². The summed E-state index contributed by atoms with van der Waals surface area (Å²) in [6.07, 6.45) is 11.2. The standard InChI is InChI=1S/C37H42N8O4/c1-23-17-42(28-21-49-22-28)12-13-43(23)27-8-9-34(39-16-27)40-31-14-26(19-41(3)36(31)47)29-10-11-38-35(30(29)20-46)44-18-24(2)45-32-7-5-4-6-25(32)15-33(45)37(44)48/h8-11,14-16,18-19,23,28,46H,4-7,12-13,17,20-22H2,1-3H3,(H,39,40)/t23-/m0/s1. The number of nitrogens with zero attached hydrogens (tertiary/aromatic N) is 7. The molecule has 3 aliphatic rings. The molecule has 7 heterocycles. The number of aliphatic hydroxyl groups is 1.